The molecule has 8 nitrogen and oxygen atoms in total. The van der Waals surface area contributed by atoms with Crippen LogP contribution in [-0.2, 0) is 4.74 Å². The van der Waals surface area contributed by atoms with Gasteiger partial charge in [-0.1, -0.05) is 6.07 Å². The smallest absolute Gasteiger partial charge is 0.313 e. The van der Waals surface area contributed by atoms with Gasteiger partial charge in [0.15, 0.2) is 5.75 Å². The Hall–Kier alpha value is -2.83. The highest BCUT2D eigenvalue weighted by Crippen LogP contribution is 2.39. The third-order valence-corrected chi connectivity index (χ3v) is 5.23. The summed E-state index contributed by atoms with van der Waals surface area (Å²) in [6.07, 6.45) is 0.827. The number of hydrogen-bond donors (Lipinski definition) is 0. The van der Waals surface area contributed by atoms with Gasteiger partial charge in [-0.2, -0.15) is 5.26 Å². The van der Waals surface area contributed by atoms with E-state index in [0.717, 1.165) is 23.1 Å². The van der Waals surface area contributed by atoms with Crippen LogP contribution in [-0.4, -0.2) is 44.4 Å². The van der Waals surface area contributed by atoms with Crippen molar-refractivity contribution in [1.82, 2.24) is 0 Å². The van der Waals surface area contributed by atoms with Crippen LogP contribution in [0.4, 0.5) is 11.4 Å². The summed E-state index contributed by atoms with van der Waals surface area (Å²) in [7, 11) is 1.41. The highest BCUT2D eigenvalue weighted by Gasteiger charge is 2.27. The molecule has 9 heteroatoms. The van der Waals surface area contributed by atoms with Crippen molar-refractivity contribution in [2.24, 2.45) is 0 Å². The van der Waals surface area contributed by atoms with Gasteiger partial charge in [0.2, 0.25) is 0 Å². The normalized spacial score (nSPS) is 15.8. The third-order valence-electron chi connectivity index (χ3n) is 4.60. The van der Waals surface area contributed by atoms with Crippen LogP contribution in [0.1, 0.15) is 12.0 Å². The highest BCUT2D eigenvalue weighted by atomic mass is 79.9. The Kier molecular flexibility index (Phi) is 6.90. The zero-order chi connectivity index (χ0) is 20.8. The van der Waals surface area contributed by atoms with Crippen LogP contribution in [0.15, 0.2) is 40.9 Å². The van der Waals surface area contributed by atoms with Gasteiger partial charge in [0.05, 0.1) is 42.1 Å². The molecule has 0 N–H and O–H groups in total. The van der Waals surface area contributed by atoms with Crippen LogP contribution in [0.5, 0.6) is 11.5 Å². The van der Waals surface area contributed by atoms with Crippen molar-refractivity contribution in [2.75, 3.05) is 38.3 Å². The van der Waals surface area contributed by atoms with Gasteiger partial charge in [-0.05, 0) is 40.5 Å². The maximum absolute atomic E-state index is 11.3. The number of rotatable bonds is 8. The molecule has 1 aliphatic rings. The first kappa shape index (κ1) is 20.9. The van der Waals surface area contributed by atoms with Crippen LogP contribution in [0, 0.1) is 21.4 Å². The molecule has 0 radical (unpaired) electrons. The second-order valence-corrected chi connectivity index (χ2v) is 7.30. The van der Waals surface area contributed by atoms with E-state index in [1.54, 1.807) is 30.3 Å². The fourth-order valence-electron chi connectivity index (χ4n) is 3.19. The Bertz CT molecular complexity index is 931. The minimum Gasteiger partial charge on any atom is -0.491 e. The van der Waals surface area contributed by atoms with Gasteiger partial charge in [0.25, 0.3) is 0 Å². The summed E-state index contributed by atoms with van der Waals surface area (Å²) in [4.78, 5) is 12.9. The molecule has 1 fully saturated rings. The van der Waals surface area contributed by atoms with Crippen molar-refractivity contribution in [3.63, 3.8) is 0 Å². The molecule has 1 aliphatic heterocycles. The van der Waals surface area contributed by atoms with Gasteiger partial charge >= 0.3 is 5.69 Å². The molecule has 3 rings (SSSR count). The van der Waals surface area contributed by atoms with Crippen molar-refractivity contribution >= 4 is 27.3 Å². The molecule has 0 amide bonds. The third kappa shape index (κ3) is 5.16. The molecule has 152 valence electrons. The van der Waals surface area contributed by atoms with Crippen LogP contribution in [0.25, 0.3) is 0 Å². The van der Waals surface area contributed by atoms with Crippen LogP contribution in [0.2, 0.25) is 0 Å². The summed E-state index contributed by atoms with van der Waals surface area (Å²) in [6, 6.07) is 12.2. The number of nitro benzene ring substituents is 1. The van der Waals surface area contributed by atoms with Gasteiger partial charge < -0.3 is 19.1 Å². The molecule has 1 saturated heterocycles. The second-order valence-electron chi connectivity index (χ2n) is 6.45. The predicted octanol–water partition coefficient (Wildman–Crippen LogP) is 3.91. The summed E-state index contributed by atoms with van der Waals surface area (Å²) >= 11 is 3.47. The zero-order valence-electron chi connectivity index (χ0n) is 15.8. The molecular weight excluding hydrogens is 442 g/mol. The van der Waals surface area contributed by atoms with Crippen molar-refractivity contribution < 1.29 is 19.1 Å². The van der Waals surface area contributed by atoms with E-state index < -0.39 is 4.92 Å². The Morgan fingerprint density at radius 3 is 2.90 bits per heavy atom. The standard InChI is InChI=1S/C20H20BrN3O5/c1-27-20-10-17(21)18(11-19(20)24(25)26)23-6-5-16(13-23)29-8-7-28-15-4-2-3-14(9-15)12-22/h2-4,9-11,16H,5-8,13H2,1H3/t16-/m0/s1. The molecule has 0 spiro atoms. The van der Waals surface area contributed by atoms with E-state index >= 15 is 0 Å². The number of benzene rings is 2. The summed E-state index contributed by atoms with van der Waals surface area (Å²) in [5, 5.41) is 20.2. The Labute approximate surface area is 176 Å². The number of nitrogens with zero attached hydrogens (tertiary/aromatic N) is 3. The number of anilines is 1. The van der Waals surface area contributed by atoms with E-state index in [9.17, 15) is 10.1 Å². The Morgan fingerprint density at radius 2 is 2.17 bits per heavy atom. The quantitative estimate of drug-likeness (QED) is 0.333. The topological polar surface area (TPSA) is 97.9 Å². The monoisotopic (exact) mass is 461 g/mol. The number of nitro groups is 1. The van der Waals surface area contributed by atoms with Crippen LogP contribution >= 0.6 is 15.9 Å². The van der Waals surface area contributed by atoms with Crippen LogP contribution in [0.3, 0.4) is 0 Å². The van der Waals surface area contributed by atoms with Gasteiger partial charge in [-0.15, -0.1) is 0 Å². The predicted molar refractivity (Wildman–Crippen MR) is 111 cm³/mol. The van der Waals surface area contributed by atoms with E-state index in [1.165, 1.54) is 13.2 Å². The van der Waals surface area contributed by atoms with Crippen molar-refractivity contribution in [3.8, 4) is 17.6 Å². The Morgan fingerprint density at radius 1 is 1.34 bits per heavy atom. The van der Waals surface area contributed by atoms with E-state index in [-0.39, 0.29) is 17.5 Å². The lowest BCUT2D eigenvalue weighted by Crippen LogP contribution is -2.24. The second kappa shape index (κ2) is 9.58. The summed E-state index contributed by atoms with van der Waals surface area (Å²) in [5.74, 6) is 0.852. The fraction of sp³-hybridized carbons (Fsp3) is 0.350. The van der Waals surface area contributed by atoms with Gasteiger partial charge in [-0.3, -0.25) is 10.1 Å². The average molecular weight is 462 g/mol. The van der Waals surface area contributed by atoms with Crippen molar-refractivity contribution in [1.29, 1.82) is 5.26 Å². The molecular formula is C20H20BrN3O5. The molecule has 0 aromatic heterocycles. The molecule has 0 saturated carbocycles. The lowest BCUT2D eigenvalue weighted by Gasteiger charge is -2.20. The van der Waals surface area contributed by atoms with Gasteiger partial charge in [0.1, 0.15) is 12.4 Å². The molecule has 29 heavy (non-hydrogen) atoms. The minimum absolute atomic E-state index is 0.0112. The number of hydrogen-bond acceptors (Lipinski definition) is 7. The minimum atomic E-state index is -0.447. The van der Waals surface area contributed by atoms with Crippen molar-refractivity contribution in [2.45, 2.75) is 12.5 Å². The van der Waals surface area contributed by atoms with Crippen LogP contribution < -0.4 is 14.4 Å². The van der Waals surface area contributed by atoms with Crippen molar-refractivity contribution in [3.05, 3.63) is 56.5 Å². The van der Waals surface area contributed by atoms with Gasteiger partial charge in [0, 0.05) is 29.7 Å². The van der Waals surface area contributed by atoms with E-state index in [0.29, 0.717) is 31.1 Å². The first-order valence-corrected chi connectivity index (χ1v) is 9.82. The molecule has 1 heterocycles. The van der Waals surface area contributed by atoms with E-state index in [2.05, 4.69) is 26.9 Å². The summed E-state index contributed by atoms with van der Waals surface area (Å²) < 4.78 is 17.3. The average Bonchev–Trinajstić information content (AvgIpc) is 3.19. The fourth-order valence-corrected chi connectivity index (χ4v) is 3.77. The largest absolute Gasteiger partial charge is 0.491 e. The number of halogens is 1. The first-order valence-electron chi connectivity index (χ1n) is 9.03. The Balaban J connectivity index is 1.53. The summed E-state index contributed by atoms with van der Waals surface area (Å²) in [5.41, 5.74) is 1.23. The van der Waals surface area contributed by atoms with E-state index in [4.69, 9.17) is 19.5 Å². The molecule has 1 atom stereocenters. The number of methoxy groups -OCH3 is 1. The molecule has 2 aromatic carbocycles. The first-order chi connectivity index (χ1) is 14.0. The maximum Gasteiger partial charge on any atom is 0.313 e. The molecule has 2 aromatic rings. The lowest BCUT2D eigenvalue weighted by atomic mass is 10.2. The SMILES string of the molecule is COc1cc(Br)c(N2CC[C@H](OCCOc3cccc(C#N)c3)C2)cc1[N+](=O)[O-]. The zero-order valence-corrected chi connectivity index (χ0v) is 17.4. The number of ether oxygens (including phenoxy) is 3. The highest BCUT2D eigenvalue weighted by molar-refractivity contribution is 9.10. The lowest BCUT2D eigenvalue weighted by molar-refractivity contribution is -0.385. The molecule has 0 bridgehead atoms. The molecule has 0 aliphatic carbocycles. The maximum atomic E-state index is 11.3. The number of nitriles is 1. The summed E-state index contributed by atoms with van der Waals surface area (Å²) in [6.45, 7) is 2.16. The van der Waals surface area contributed by atoms with E-state index in [1.807, 2.05) is 0 Å². The molecule has 0 unspecified atom stereocenters. The van der Waals surface area contributed by atoms with Gasteiger partial charge in [-0.25, -0.2) is 0 Å².